The number of quaternary nitrogens is 1. The molecule has 0 aromatic carbocycles. The molecule has 0 aliphatic carbocycles. The molecule has 0 aliphatic rings. The van der Waals surface area contributed by atoms with Gasteiger partial charge in [0, 0.05) is 13.2 Å². The molecule has 0 bridgehead atoms. The van der Waals surface area contributed by atoms with Crippen molar-refractivity contribution in [3.63, 3.8) is 0 Å². The van der Waals surface area contributed by atoms with E-state index in [0.29, 0.717) is 0 Å². The van der Waals surface area contributed by atoms with E-state index in [0.717, 1.165) is 30.8 Å². The summed E-state index contributed by atoms with van der Waals surface area (Å²) >= 11 is 0. The van der Waals surface area contributed by atoms with Crippen molar-refractivity contribution in [2.24, 2.45) is 0 Å². The monoisotopic (exact) mass is 583 g/mol. The van der Waals surface area contributed by atoms with Crippen molar-refractivity contribution < 1.29 is 14.0 Å². The fraction of sp³-hybridized carbons (Fsp3) is 1.00. The smallest absolute Gasteiger partial charge is 0.130 e. The van der Waals surface area contributed by atoms with Crippen LogP contribution in [0.4, 0.5) is 0 Å². The molecule has 0 radical (unpaired) electrons. The molecule has 3 nitrogen and oxygen atoms in total. The molecule has 0 aromatic heterocycles. The van der Waals surface area contributed by atoms with E-state index >= 15 is 0 Å². The van der Waals surface area contributed by atoms with E-state index in [4.69, 9.17) is 9.47 Å². The number of unbranched alkanes of at least 4 members (excludes halogenated alkanes) is 26. The number of hydrogen-bond acceptors (Lipinski definition) is 2. The average Bonchev–Trinajstić information content (AvgIpc) is 2.94. The number of rotatable bonds is 35. The molecule has 41 heavy (non-hydrogen) atoms. The van der Waals surface area contributed by atoms with Crippen LogP contribution in [0.15, 0.2) is 0 Å². The van der Waals surface area contributed by atoms with Crippen molar-refractivity contribution in [2.45, 2.75) is 200 Å². The summed E-state index contributed by atoms with van der Waals surface area (Å²) in [7, 11) is 6.78. The zero-order chi connectivity index (χ0) is 30.1. The number of nitrogens with zero attached hydrogens (tertiary/aromatic N) is 1. The van der Waals surface area contributed by atoms with Gasteiger partial charge in [-0.15, -0.1) is 0 Å². The molecule has 3 heteroatoms. The quantitative estimate of drug-likeness (QED) is 0.0546. The van der Waals surface area contributed by atoms with Crippen LogP contribution in [0.25, 0.3) is 0 Å². The lowest BCUT2D eigenvalue weighted by molar-refractivity contribution is -0.873. The van der Waals surface area contributed by atoms with Crippen LogP contribution in [0, 0.1) is 0 Å². The summed E-state index contributed by atoms with van der Waals surface area (Å²) in [6, 6.07) is 0. The van der Waals surface area contributed by atoms with E-state index in [9.17, 15) is 0 Å². The lowest BCUT2D eigenvalue weighted by atomic mass is 10.0. The Bertz CT molecular complexity index is 475. The van der Waals surface area contributed by atoms with Gasteiger partial charge < -0.3 is 14.0 Å². The third-order valence-electron chi connectivity index (χ3n) is 8.55. The van der Waals surface area contributed by atoms with E-state index in [2.05, 4.69) is 35.0 Å². The molecule has 0 saturated carbocycles. The standard InChI is InChI=1S/C38H80NO2/c1-6-8-10-12-14-16-18-20-22-24-26-28-30-32-34-40-37-38(36-39(3,4)5)41-35-33-31-29-27-25-23-21-19-17-15-13-11-9-7-2/h38H,6-37H2,1-5H3/q+1. The predicted molar refractivity (Wildman–Crippen MR) is 184 cm³/mol. The number of likely N-dealkylation sites (N-methyl/N-ethyl adjacent to an activating group) is 1. The summed E-state index contributed by atoms with van der Waals surface area (Å²) in [5.74, 6) is 0. The van der Waals surface area contributed by atoms with E-state index in [1.54, 1.807) is 0 Å². The van der Waals surface area contributed by atoms with Crippen molar-refractivity contribution in [3.05, 3.63) is 0 Å². The van der Waals surface area contributed by atoms with Crippen molar-refractivity contribution in [1.29, 1.82) is 0 Å². The minimum atomic E-state index is 0.226. The summed E-state index contributed by atoms with van der Waals surface area (Å²) in [4.78, 5) is 0. The van der Waals surface area contributed by atoms with E-state index in [1.807, 2.05) is 0 Å². The highest BCUT2D eigenvalue weighted by molar-refractivity contribution is 4.57. The third-order valence-corrected chi connectivity index (χ3v) is 8.55. The van der Waals surface area contributed by atoms with Gasteiger partial charge in [0.05, 0.1) is 27.7 Å². The Labute approximate surface area is 260 Å². The Hall–Kier alpha value is -0.120. The third kappa shape index (κ3) is 36.0. The van der Waals surface area contributed by atoms with Crippen molar-refractivity contribution in [2.75, 3.05) is 47.5 Å². The first-order chi connectivity index (χ1) is 20.0. The first-order valence-electron chi connectivity index (χ1n) is 19.0. The first kappa shape index (κ1) is 40.9. The van der Waals surface area contributed by atoms with Crippen molar-refractivity contribution in [1.82, 2.24) is 0 Å². The summed E-state index contributed by atoms with van der Waals surface area (Å²) in [6.07, 6.45) is 39.5. The van der Waals surface area contributed by atoms with E-state index < -0.39 is 0 Å². The first-order valence-corrected chi connectivity index (χ1v) is 19.0. The zero-order valence-corrected chi connectivity index (χ0v) is 29.5. The topological polar surface area (TPSA) is 18.5 Å². The van der Waals surface area contributed by atoms with Gasteiger partial charge in [-0.3, -0.25) is 0 Å². The van der Waals surface area contributed by atoms with Gasteiger partial charge in [-0.05, 0) is 12.8 Å². The second-order valence-electron chi connectivity index (χ2n) is 14.2. The number of ether oxygens (including phenoxy) is 2. The molecular formula is C38H80NO2+. The van der Waals surface area contributed by atoms with Gasteiger partial charge in [0.1, 0.15) is 12.6 Å². The van der Waals surface area contributed by atoms with Gasteiger partial charge in [0.2, 0.25) is 0 Å². The van der Waals surface area contributed by atoms with Gasteiger partial charge in [0.15, 0.2) is 0 Å². The minimum Gasteiger partial charge on any atom is -0.379 e. The number of hydrogen-bond donors (Lipinski definition) is 0. The fourth-order valence-electron chi connectivity index (χ4n) is 5.92. The maximum atomic E-state index is 6.31. The summed E-state index contributed by atoms with van der Waals surface area (Å²) in [5, 5.41) is 0. The molecule has 0 spiro atoms. The SMILES string of the molecule is CCCCCCCCCCCCCCCCOCC(C[N+](C)(C)C)OCCCCCCCCCCCCCCCC. The second kappa shape index (κ2) is 32.8. The zero-order valence-electron chi connectivity index (χ0n) is 29.5. The average molecular weight is 583 g/mol. The van der Waals surface area contributed by atoms with Crippen molar-refractivity contribution in [3.8, 4) is 0 Å². The highest BCUT2D eigenvalue weighted by atomic mass is 16.5. The van der Waals surface area contributed by atoms with Gasteiger partial charge in [0.25, 0.3) is 0 Å². The van der Waals surface area contributed by atoms with Crippen molar-refractivity contribution >= 4 is 0 Å². The largest absolute Gasteiger partial charge is 0.379 e. The van der Waals surface area contributed by atoms with Gasteiger partial charge >= 0.3 is 0 Å². The molecule has 0 N–H and O–H groups in total. The summed E-state index contributed by atoms with van der Waals surface area (Å²) < 4.78 is 13.3. The Kier molecular flexibility index (Phi) is 32.7. The van der Waals surface area contributed by atoms with E-state index in [-0.39, 0.29) is 6.10 Å². The Morgan fingerprint density at radius 1 is 0.390 bits per heavy atom. The van der Waals surface area contributed by atoms with Crippen LogP contribution < -0.4 is 0 Å². The second-order valence-corrected chi connectivity index (χ2v) is 14.2. The van der Waals surface area contributed by atoms with Crippen LogP contribution >= 0.6 is 0 Å². The van der Waals surface area contributed by atoms with Crippen LogP contribution in [0.3, 0.4) is 0 Å². The van der Waals surface area contributed by atoms with Gasteiger partial charge in [-0.1, -0.05) is 181 Å². The predicted octanol–water partition coefficient (Wildman–Crippen LogP) is 12.1. The molecule has 1 atom stereocenters. The van der Waals surface area contributed by atoms with Gasteiger partial charge in [-0.2, -0.15) is 0 Å². The molecule has 0 heterocycles. The molecular weight excluding hydrogens is 502 g/mol. The molecule has 0 rings (SSSR count). The molecule has 248 valence electrons. The Balaban J connectivity index is 3.57. The molecule has 0 saturated heterocycles. The summed E-state index contributed by atoms with van der Waals surface area (Å²) in [6.45, 7) is 8.17. The normalized spacial score (nSPS) is 12.8. The molecule has 0 aromatic rings. The van der Waals surface area contributed by atoms with E-state index in [1.165, 1.54) is 180 Å². The Morgan fingerprint density at radius 2 is 0.683 bits per heavy atom. The van der Waals surface area contributed by atoms with Crippen LogP contribution in [0.5, 0.6) is 0 Å². The Morgan fingerprint density at radius 3 is 1.00 bits per heavy atom. The minimum absolute atomic E-state index is 0.226. The highest BCUT2D eigenvalue weighted by Gasteiger charge is 2.19. The maximum Gasteiger partial charge on any atom is 0.130 e. The van der Waals surface area contributed by atoms with Crippen LogP contribution in [0.1, 0.15) is 194 Å². The highest BCUT2D eigenvalue weighted by Crippen LogP contribution is 2.15. The maximum absolute atomic E-state index is 6.31. The molecule has 0 aliphatic heterocycles. The molecule has 1 unspecified atom stereocenters. The van der Waals surface area contributed by atoms with Crippen LogP contribution in [0.2, 0.25) is 0 Å². The van der Waals surface area contributed by atoms with Crippen LogP contribution in [-0.2, 0) is 9.47 Å². The van der Waals surface area contributed by atoms with Gasteiger partial charge in [-0.25, -0.2) is 0 Å². The lowest BCUT2D eigenvalue weighted by Crippen LogP contribution is -2.44. The lowest BCUT2D eigenvalue weighted by Gasteiger charge is -2.29. The molecule has 0 fully saturated rings. The van der Waals surface area contributed by atoms with Crippen LogP contribution in [-0.4, -0.2) is 58.1 Å². The molecule has 0 amide bonds. The summed E-state index contributed by atoms with van der Waals surface area (Å²) in [5.41, 5.74) is 0. The fourth-order valence-corrected chi connectivity index (χ4v) is 5.92.